The minimum atomic E-state index is 0.141. The highest BCUT2D eigenvalue weighted by Gasteiger charge is 2.13. The summed E-state index contributed by atoms with van der Waals surface area (Å²) in [4.78, 5) is 9.39. The van der Waals surface area contributed by atoms with Crippen molar-refractivity contribution in [3.63, 3.8) is 0 Å². The van der Waals surface area contributed by atoms with E-state index in [1.54, 1.807) is 13.4 Å². The van der Waals surface area contributed by atoms with Gasteiger partial charge in [-0.3, -0.25) is 0 Å². The van der Waals surface area contributed by atoms with E-state index in [2.05, 4.69) is 19.7 Å². The molecule has 0 radical (unpaired) electrons. The average Bonchev–Trinajstić information content (AvgIpc) is 2.77. The largest absolute Gasteiger partial charge is 0.385 e. The van der Waals surface area contributed by atoms with Crippen molar-refractivity contribution in [2.75, 3.05) is 25.6 Å². The van der Waals surface area contributed by atoms with Gasteiger partial charge < -0.3 is 15.8 Å². The van der Waals surface area contributed by atoms with Crippen molar-refractivity contribution < 1.29 is 4.74 Å². The molecule has 0 bridgehead atoms. The summed E-state index contributed by atoms with van der Waals surface area (Å²) in [7, 11) is 1.68. The lowest BCUT2D eigenvalue weighted by Crippen LogP contribution is -2.30. The van der Waals surface area contributed by atoms with Gasteiger partial charge in [0.25, 0.3) is 0 Å². The molecule has 2 aromatic heterocycles. The van der Waals surface area contributed by atoms with E-state index in [0.29, 0.717) is 13.2 Å². The SMILES string of the molecule is COCCC(CN)Nc1ncnc2snc(C)c12. The maximum Gasteiger partial charge on any atom is 0.149 e. The van der Waals surface area contributed by atoms with Crippen LogP contribution in [0.1, 0.15) is 12.1 Å². The second kappa shape index (κ2) is 6.03. The molecule has 18 heavy (non-hydrogen) atoms. The Morgan fingerprint density at radius 3 is 3.06 bits per heavy atom. The molecule has 6 nitrogen and oxygen atoms in total. The summed E-state index contributed by atoms with van der Waals surface area (Å²) in [6.07, 6.45) is 2.39. The molecule has 0 spiro atoms. The van der Waals surface area contributed by atoms with Crippen LogP contribution in [0.2, 0.25) is 0 Å². The summed E-state index contributed by atoms with van der Waals surface area (Å²) in [5.74, 6) is 0.804. The smallest absolute Gasteiger partial charge is 0.149 e. The van der Waals surface area contributed by atoms with Crippen LogP contribution in [0, 0.1) is 6.92 Å². The van der Waals surface area contributed by atoms with Gasteiger partial charge in [-0.05, 0) is 24.9 Å². The van der Waals surface area contributed by atoms with Gasteiger partial charge in [0.05, 0.1) is 11.1 Å². The first-order valence-corrected chi connectivity index (χ1v) is 6.56. The Kier molecular flexibility index (Phi) is 4.40. The standard InChI is InChI=1S/C11H17N5OS/c1-7-9-10(13-6-14-11(9)18-16-7)15-8(5-12)3-4-17-2/h6,8H,3-5,12H2,1-2H3,(H,13,14,15). The third-order valence-electron chi connectivity index (χ3n) is 2.74. The van der Waals surface area contributed by atoms with Gasteiger partial charge >= 0.3 is 0 Å². The van der Waals surface area contributed by atoms with Crippen LogP contribution in [0.15, 0.2) is 6.33 Å². The predicted molar refractivity (Wildman–Crippen MR) is 72.9 cm³/mol. The van der Waals surface area contributed by atoms with E-state index in [1.807, 2.05) is 6.92 Å². The highest BCUT2D eigenvalue weighted by molar-refractivity contribution is 7.13. The van der Waals surface area contributed by atoms with Crippen molar-refractivity contribution in [2.24, 2.45) is 5.73 Å². The van der Waals surface area contributed by atoms with Gasteiger partial charge in [0.1, 0.15) is 17.0 Å². The average molecular weight is 267 g/mol. The number of hydrogen-bond donors (Lipinski definition) is 2. The molecule has 3 N–H and O–H groups in total. The van der Waals surface area contributed by atoms with Crippen LogP contribution in [-0.2, 0) is 4.74 Å². The first-order valence-electron chi connectivity index (χ1n) is 5.78. The fourth-order valence-electron chi connectivity index (χ4n) is 1.73. The Bertz CT molecular complexity index is 515. The molecule has 1 unspecified atom stereocenters. The molecule has 0 aliphatic rings. The van der Waals surface area contributed by atoms with Crippen LogP contribution in [0.3, 0.4) is 0 Å². The summed E-state index contributed by atoms with van der Waals surface area (Å²) in [5, 5.41) is 4.33. The maximum atomic E-state index is 5.74. The van der Waals surface area contributed by atoms with Gasteiger partial charge in [-0.1, -0.05) is 0 Å². The molecule has 0 aliphatic carbocycles. The van der Waals surface area contributed by atoms with Gasteiger partial charge in [0, 0.05) is 26.3 Å². The molecule has 98 valence electrons. The minimum Gasteiger partial charge on any atom is -0.385 e. The highest BCUT2D eigenvalue weighted by Crippen LogP contribution is 2.26. The van der Waals surface area contributed by atoms with Gasteiger partial charge in [-0.25, -0.2) is 9.97 Å². The molecule has 2 heterocycles. The quantitative estimate of drug-likeness (QED) is 0.817. The van der Waals surface area contributed by atoms with Crippen molar-refractivity contribution in [1.82, 2.24) is 14.3 Å². The number of anilines is 1. The molecule has 0 fully saturated rings. The summed E-state index contributed by atoms with van der Waals surface area (Å²) < 4.78 is 9.36. The number of aryl methyl sites for hydroxylation is 1. The van der Waals surface area contributed by atoms with E-state index in [1.165, 1.54) is 11.5 Å². The minimum absolute atomic E-state index is 0.141. The lowest BCUT2D eigenvalue weighted by molar-refractivity contribution is 0.190. The molecule has 0 amide bonds. The fourth-order valence-corrected chi connectivity index (χ4v) is 2.48. The molecule has 7 heteroatoms. The fraction of sp³-hybridized carbons (Fsp3) is 0.545. The van der Waals surface area contributed by atoms with Crippen LogP contribution in [0.25, 0.3) is 10.2 Å². The van der Waals surface area contributed by atoms with E-state index in [9.17, 15) is 0 Å². The van der Waals surface area contributed by atoms with E-state index >= 15 is 0 Å². The zero-order valence-corrected chi connectivity index (χ0v) is 11.3. The van der Waals surface area contributed by atoms with Crippen molar-refractivity contribution in [2.45, 2.75) is 19.4 Å². The molecule has 2 aromatic rings. The number of hydrogen-bond acceptors (Lipinski definition) is 7. The van der Waals surface area contributed by atoms with E-state index < -0.39 is 0 Å². The Labute approximate surface area is 110 Å². The second-order valence-electron chi connectivity index (χ2n) is 4.03. The molecule has 0 aromatic carbocycles. The molecular weight excluding hydrogens is 250 g/mol. The first kappa shape index (κ1) is 13.1. The predicted octanol–water partition coefficient (Wildman–Crippen LogP) is 1.17. The van der Waals surface area contributed by atoms with Gasteiger partial charge in [-0.2, -0.15) is 4.37 Å². The van der Waals surface area contributed by atoms with Crippen molar-refractivity contribution in [3.05, 3.63) is 12.0 Å². The number of ether oxygens (including phenoxy) is 1. The Morgan fingerprint density at radius 1 is 1.50 bits per heavy atom. The topological polar surface area (TPSA) is 86.0 Å². The van der Waals surface area contributed by atoms with Crippen molar-refractivity contribution >= 4 is 27.6 Å². The number of aromatic nitrogens is 3. The zero-order valence-electron chi connectivity index (χ0n) is 10.5. The number of fused-ring (bicyclic) bond motifs is 1. The van der Waals surface area contributed by atoms with Crippen LogP contribution in [0.5, 0.6) is 0 Å². The Hall–Kier alpha value is -1.31. The molecule has 1 atom stereocenters. The van der Waals surface area contributed by atoms with Crippen LogP contribution < -0.4 is 11.1 Å². The summed E-state index contributed by atoms with van der Waals surface area (Å²) in [5.41, 5.74) is 6.69. The maximum absolute atomic E-state index is 5.74. The lowest BCUT2D eigenvalue weighted by atomic mass is 10.2. The van der Waals surface area contributed by atoms with E-state index in [4.69, 9.17) is 10.5 Å². The first-order chi connectivity index (χ1) is 8.76. The van der Waals surface area contributed by atoms with Crippen molar-refractivity contribution in [3.8, 4) is 0 Å². The van der Waals surface area contributed by atoms with Crippen LogP contribution in [0.4, 0.5) is 5.82 Å². The molecule has 0 saturated heterocycles. The second-order valence-corrected chi connectivity index (χ2v) is 4.78. The number of nitrogens with zero attached hydrogens (tertiary/aromatic N) is 3. The number of methoxy groups -OCH3 is 1. The van der Waals surface area contributed by atoms with Gasteiger partial charge in [0.2, 0.25) is 0 Å². The number of nitrogens with one attached hydrogen (secondary N) is 1. The molecule has 0 saturated carbocycles. The van der Waals surface area contributed by atoms with E-state index in [-0.39, 0.29) is 6.04 Å². The van der Waals surface area contributed by atoms with Crippen LogP contribution in [-0.4, -0.2) is 40.6 Å². The lowest BCUT2D eigenvalue weighted by Gasteiger charge is -2.17. The third kappa shape index (κ3) is 2.74. The normalized spacial score (nSPS) is 12.8. The van der Waals surface area contributed by atoms with Gasteiger partial charge in [0.15, 0.2) is 0 Å². The van der Waals surface area contributed by atoms with E-state index in [0.717, 1.165) is 28.1 Å². The third-order valence-corrected chi connectivity index (χ3v) is 3.59. The summed E-state index contributed by atoms with van der Waals surface area (Å²) >= 11 is 1.38. The molecular formula is C11H17N5OS. The monoisotopic (exact) mass is 267 g/mol. The van der Waals surface area contributed by atoms with Crippen molar-refractivity contribution in [1.29, 1.82) is 0 Å². The molecule has 2 rings (SSSR count). The zero-order chi connectivity index (χ0) is 13.0. The molecule has 0 aliphatic heterocycles. The van der Waals surface area contributed by atoms with Gasteiger partial charge in [-0.15, -0.1) is 0 Å². The highest BCUT2D eigenvalue weighted by atomic mass is 32.1. The summed E-state index contributed by atoms with van der Waals surface area (Å²) in [6.45, 7) is 3.16. The number of rotatable bonds is 6. The Balaban J connectivity index is 2.22. The number of nitrogens with two attached hydrogens (primary N) is 1. The Morgan fingerprint density at radius 2 is 2.33 bits per heavy atom. The summed E-state index contributed by atoms with van der Waals surface area (Å²) in [6, 6.07) is 0.141. The van der Waals surface area contributed by atoms with Crippen LogP contribution >= 0.6 is 11.5 Å².